The van der Waals surface area contributed by atoms with Crippen LogP contribution in [0.15, 0.2) is 0 Å². The summed E-state index contributed by atoms with van der Waals surface area (Å²) in [6.45, 7) is 1.31. The third-order valence-corrected chi connectivity index (χ3v) is 2.50. The summed E-state index contributed by atoms with van der Waals surface area (Å²) in [5.41, 5.74) is 0. The summed E-state index contributed by atoms with van der Waals surface area (Å²) in [5.74, 6) is 0. The van der Waals surface area contributed by atoms with Crippen LogP contribution in [-0.2, 0) is 14.2 Å². The Kier molecular flexibility index (Phi) is 2.74. The van der Waals surface area contributed by atoms with Crippen LogP contribution in [0.1, 0.15) is 6.92 Å². The molecule has 6 heteroatoms. The Hall–Kier alpha value is -0.240. The van der Waals surface area contributed by atoms with Crippen molar-refractivity contribution in [2.45, 2.75) is 43.9 Å². The number of hydrogen-bond donors (Lipinski definition) is 3. The molecule has 2 fully saturated rings. The lowest BCUT2D eigenvalue weighted by atomic mass is 9.99. The lowest BCUT2D eigenvalue weighted by Crippen LogP contribution is -2.57. The van der Waals surface area contributed by atoms with Gasteiger partial charge in [-0.2, -0.15) is 0 Å². The van der Waals surface area contributed by atoms with Crippen molar-refractivity contribution in [3.05, 3.63) is 0 Å². The SMILES string of the molecule is C[C@H]1O[C@H]2O[C@H](CO)[C@@H](O)[C@H](O)[C@H]2O1. The van der Waals surface area contributed by atoms with Crippen LogP contribution >= 0.6 is 0 Å². The molecule has 0 aromatic heterocycles. The van der Waals surface area contributed by atoms with Crippen LogP contribution in [0.2, 0.25) is 0 Å². The predicted molar refractivity (Wildman–Crippen MR) is 43.2 cm³/mol. The Morgan fingerprint density at radius 2 is 1.79 bits per heavy atom. The number of rotatable bonds is 1. The predicted octanol–water partition coefficient (Wildman–Crippen LogP) is -1.81. The molecule has 2 heterocycles. The van der Waals surface area contributed by atoms with Gasteiger partial charge in [0.1, 0.15) is 24.4 Å². The molecule has 0 unspecified atom stereocenters. The highest BCUT2D eigenvalue weighted by atomic mass is 16.8. The Balaban J connectivity index is 2.09. The van der Waals surface area contributed by atoms with Crippen molar-refractivity contribution in [2.75, 3.05) is 6.61 Å². The average molecular weight is 206 g/mol. The standard InChI is InChI=1S/C8H14O6/c1-3-12-7-6(11)5(10)4(2-9)14-8(7)13-3/h3-11H,2H2,1H3/t3-,4-,5-,6+,7-,8+/m1/s1. The molecule has 0 amide bonds. The van der Waals surface area contributed by atoms with E-state index < -0.39 is 37.0 Å². The van der Waals surface area contributed by atoms with Gasteiger partial charge in [0.2, 0.25) is 0 Å². The lowest BCUT2D eigenvalue weighted by Gasteiger charge is -2.36. The van der Waals surface area contributed by atoms with Crippen molar-refractivity contribution < 1.29 is 29.5 Å². The Morgan fingerprint density at radius 3 is 2.43 bits per heavy atom. The van der Waals surface area contributed by atoms with Crippen LogP contribution in [0.5, 0.6) is 0 Å². The summed E-state index contributed by atoms with van der Waals surface area (Å²) in [7, 11) is 0. The molecule has 2 aliphatic heterocycles. The minimum Gasteiger partial charge on any atom is -0.394 e. The first-order valence-corrected chi connectivity index (χ1v) is 4.57. The van der Waals surface area contributed by atoms with Gasteiger partial charge in [0.25, 0.3) is 0 Å². The maximum absolute atomic E-state index is 9.62. The highest BCUT2D eigenvalue weighted by molar-refractivity contribution is 4.91. The minimum atomic E-state index is -1.14. The van der Waals surface area contributed by atoms with Crippen molar-refractivity contribution in [3.63, 3.8) is 0 Å². The summed E-state index contributed by atoms with van der Waals surface area (Å²) in [6, 6.07) is 0. The van der Waals surface area contributed by atoms with E-state index in [1.165, 1.54) is 0 Å². The normalized spacial score (nSPS) is 53.1. The first kappa shape index (κ1) is 10.3. The van der Waals surface area contributed by atoms with Gasteiger partial charge in [-0.15, -0.1) is 0 Å². The quantitative estimate of drug-likeness (QED) is 0.468. The van der Waals surface area contributed by atoms with Crippen molar-refractivity contribution >= 4 is 0 Å². The number of hydrogen-bond acceptors (Lipinski definition) is 6. The van der Waals surface area contributed by atoms with Crippen LogP contribution in [-0.4, -0.2) is 58.9 Å². The van der Waals surface area contributed by atoms with Gasteiger partial charge in [-0.25, -0.2) is 0 Å². The molecule has 6 atom stereocenters. The molecule has 0 aromatic rings. The van der Waals surface area contributed by atoms with Crippen molar-refractivity contribution in [3.8, 4) is 0 Å². The van der Waals surface area contributed by atoms with E-state index in [0.29, 0.717) is 0 Å². The summed E-state index contributed by atoms with van der Waals surface area (Å²) in [6.07, 6.45) is -4.90. The molecule has 0 aliphatic carbocycles. The molecule has 3 N–H and O–H groups in total. The van der Waals surface area contributed by atoms with E-state index in [1.54, 1.807) is 6.92 Å². The fourth-order valence-corrected chi connectivity index (χ4v) is 1.75. The van der Waals surface area contributed by atoms with E-state index in [2.05, 4.69) is 0 Å². The molecule has 2 saturated heterocycles. The van der Waals surface area contributed by atoms with Crippen LogP contribution in [0.4, 0.5) is 0 Å². The minimum absolute atomic E-state index is 0.362. The van der Waals surface area contributed by atoms with Gasteiger partial charge in [0, 0.05) is 0 Å². The highest BCUT2D eigenvalue weighted by Gasteiger charge is 2.50. The fourth-order valence-electron chi connectivity index (χ4n) is 1.75. The number of aliphatic hydroxyl groups excluding tert-OH is 3. The molecular weight excluding hydrogens is 192 g/mol. The second kappa shape index (κ2) is 3.73. The summed E-state index contributed by atoms with van der Waals surface area (Å²) in [4.78, 5) is 0. The molecule has 0 spiro atoms. The summed E-state index contributed by atoms with van der Waals surface area (Å²) < 4.78 is 15.6. The van der Waals surface area contributed by atoms with Crippen LogP contribution < -0.4 is 0 Å². The van der Waals surface area contributed by atoms with Gasteiger partial charge < -0.3 is 29.5 Å². The topological polar surface area (TPSA) is 88.4 Å². The molecule has 82 valence electrons. The molecule has 2 rings (SSSR count). The largest absolute Gasteiger partial charge is 0.394 e. The lowest BCUT2D eigenvalue weighted by molar-refractivity contribution is -0.252. The molecule has 0 saturated carbocycles. The molecule has 2 aliphatic rings. The first-order valence-electron chi connectivity index (χ1n) is 4.57. The second-order valence-corrected chi connectivity index (χ2v) is 3.51. The van der Waals surface area contributed by atoms with Crippen LogP contribution in [0.3, 0.4) is 0 Å². The van der Waals surface area contributed by atoms with Gasteiger partial charge in [0.15, 0.2) is 12.6 Å². The van der Waals surface area contributed by atoms with Gasteiger partial charge in [-0.3, -0.25) is 0 Å². The number of fused-ring (bicyclic) bond motifs is 1. The van der Waals surface area contributed by atoms with Gasteiger partial charge in [-0.1, -0.05) is 0 Å². The molecule has 0 bridgehead atoms. The van der Waals surface area contributed by atoms with E-state index in [0.717, 1.165) is 0 Å². The molecule has 0 aromatic carbocycles. The molecule has 6 nitrogen and oxygen atoms in total. The summed E-state index contributed by atoms with van der Waals surface area (Å²) >= 11 is 0. The molecule has 0 radical (unpaired) electrons. The first-order chi connectivity index (χ1) is 6.63. The Morgan fingerprint density at radius 1 is 1.07 bits per heavy atom. The van der Waals surface area contributed by atoms with E-state index in [9.17, 15) is 10.2 Å². The monoisotopic (exact) mass is 206 g/mol. The van der Waals surface area contributed by atoms with E-state index in [1.807, 2.05) is 0 Å². The Bertz CT molecular complexity index is 208. The molecular formula is C8H14O6. The van der Waals surface area contributed by atoms with E-state index in [4.69, 9.17) is 19.3 Å². The Labute approximate surface area is 81.0 Å². The van der Waals surface area contributed by atoms with Crippen molar-refractivity contribution in [1.29, 1.82) is 0 Å². The molecule has 14 heavy (non-hydrogen) atoms. The maximum Gasteiger partial charge on any atom is 0.190 e. The van der Waals surface area contributed by atoms with Gasteiger partial charge in [-0.05, 0) is 6.92 Å². The highest BCUT2D eigenvalue weighted by Crippen LogP contribution is 2.30. The average Bonchev–Trinajstić information content (AvgIpc) is 2.52. The van der Waals surface area contributed by atoms with E-state index in [-0.39, 0.29) is 6.61 Å². The van der Waals surface area contributed by atoms with Gasteiger partial charge in [0.05, 0.1) is 6.61 Å². The third kappa shape index (κ3) is 1.54. The van der Waals surface area contributed by atoms with Crippen LogP contribution in [0.25, 0.3) is 0 Å². The van der Waals surface area contributed by atoms with Crippen molar-refractivity contribution in [2.24, 2.45) is 0 Å². The zero-order valence-corrected chi connectivity index (χ0v) is 7.74. The van der Waals surface area contributed by atoms with E-state index >= 15 is 0 Å². The van der Waals surface area contributed by atoms with Crippen molar-refractivity contribution in [1.82, 2.24) is 0 Å². The maximum atomic E-state index is 9.62. The van der Waals surface area contributed by atoms with Gasteiger partial charge >= 0.3 is 0 Å². The smallest absolute Gasteiger partial charge is 0.190 e. The number of ether oxygens (including phenoxy) is 3. The zero-order valence-electron chi connectivity index (χ0n) is 7.74. The zero-order chi connectivity index (χ0) is 10.3. The summed E-state index contributed by atoms with van der Waals surface area (Å²) in [5, 5.41) is 28.0. The van der Waals surface area contributed by atoms with Crippen LogP contribution in [0, 0.1) is 0 Å². The second-order valence-electron chi connectivity index (χ2n) is 3.51. The number of aliphatic hydroxyl groups is 3. The third-order valence-electron chi connectivity index (χ3n) is 2.50. The fraction of sp³-hybridized carbons (Fsp3) is 1.00.